The number of aliphatic carboxylic acids is 2. The minimum atomic E-state index is -1.02. The number of hydrogen-bond acceptors (Lipinski definition) is 24. The highest BCUT2D eigenvalue weighted by molar-refractivity contribution is 5.96. The molecule has 4 aliphatic rings. The van der Waals surface area contributed by atoms with Crippen molar-refractivity contribution in [2.24, 2.45) is 17.4 Å². The molecule has 39 heteroatoms. The number of esters is 2. The summed E-state index contributed by atoms with van der Waals surface area (Å²) < 4.78 is 25.0. The van der Waals surface area contributed by atoms with E-state index in [0.29, 0.717) is 25.8 Å². The van der Waals surface area contributed by atoms with Crippen LogP contribution in [0.25, 0.3) is 54.5 Å². The number of amides is 8. The van der Waals surface area contributed by atoms with Crippen molar-refractivity contribution in [3.05, 3.63) is 178 Å². The molecule has 668 valence electrons. The maximum Gasteiger partial charge on any atom is 0.411 e. The highest BCUT2D eigenvalue weighted by Gasteiger charge is 2.42. The number of ether oxygens (including phenoxy) is 5. The van der Waals surface area contributed by atoms with Crippen LogP contribution in [0.15, 0.2) is 128 Å². The summed E-state index contributed by atoms with van der Waals surface area (Å²) in [6.07, 6.45) is 1.82. The van der Waals surface area contributed by atoms with Gasteiger partial charge in [-0.05, 0) is 127 Å². The van der Waals surface area contributed by atoms with Crippen LogP contribution >= 0.6 is 0 Å². The lowest BCUT2D eigenvalue weighted by molar-refractivity contribution is -0.144. The lowest BCUT2D eigenvalue weighted by atomic mass is 9.96. The minimum Gasteiger partial charge on any atom is -0.480 e. The Morgan fingerprint density at radius 3 is 1.14 bits per heavy atom. The fourth-order valence-corrected chi connectivity index (χ4v) is 13.9. The SMILES string of the molecule is C.CC(C)(C)OC(=O)N1Cc2[nH]c3ccccc3c2C[C@H]1C(=O)NCC(=O)NO.CC(C)(C)OC(=O)N1Cc2[nH]c3ccccc3c2C[C@H]1C(=O)O.COC(=O)CN.COC(=O)CNC(=O)[C@@H]1Cc2c([nH]c3ccccc23)CN1C(=O)OC(C)(C)C.NO.N[C@@H](Cc1c[nH]c2ccccc12)C(=O)O.O=C(CNC(=O)[C@@H]1Cc2c([nH]c3ccccc23)CN1)NO. The zero-order chi connectivity index (χ0) is 90.4. The monoisotopic (exact) mass is 1720 g/mol. The number of methoxy groups -OCH3 is 2. The Hall–Kier alpha value is -13.4. The van der Waals surface area contributed by atoms with Gasteiger partial charge in [0.05, 0.1) is 59.5 Å². The number of aromatic amines is 5. The number of benzene rings is 5. The number of aromatic nitrogens is 5. The van der Waals surface area contributed by atoms with Crippen molar-refractivity contribution in [3.8, 4) is 0 Å². The van der Waals surface area contributed by atoms with Crippen LogP contribution < -0.4 is 49.6 Å². The van der Waals surface area contributed by atoms with Gasteiger partial charge in [-0.3, -0.25) is 68.8 Å². The molecule has 0 radical (unpaired) electrons. The molecule has 39 nitrogen and oxygen atoms in total. The van der Waals surface area contributed by atoms with Gasteiger partial charge in [0.25, 0.3) is 11.8 Å². The lowest BCUT2D eigenvalue weighted by Gasteiger charge is -2.35. The second kappa shape index (κ2) is 43.9. The van der Waals surface area contributed by atoms with E-state index in [1.807, 2.05) is 128 Å². The summed E-state index contributed by atoms with van der Waals surface area (Å²) in [6.45, 7) is 16.1. The fraction of sp³-hybridized carbons (Fsp3) is 0.388. The fourth-order valence-electron chi connectivity index (χ4n) is 13.9. The van der Waals surface area contributed by atoms with E-state index in [9.17, 15) is 62.6 Å². The second-order valence-electron chi connectivity index (χ2n) is 31.6. The third-order valence-corrected chi connectivity index (χ3v) is 19.5. The number of para-hydroxylation sites is 5. The van der Waals surface area contributed by atoms with Crippen LogP contribution in [0.5, 0.6) is 0 Å². The number of rotatable bonds is 14. The number of H-pyrrole nitrogens is 5. The molecule has 0 saturated carbocycles. The summed E-state index contributed by atoms with van der Waals surface area (Å²) >= 11 is 0. The molecule has 8 amide bonds. The Morgan fingerprint density at radius 1 is 0.460 bits per heavy atom. The van der Waals surface area contributed by atoms with Crippen LogP contribution in [0, 0.1) is 0 Å². The summed E-state index contributed by atoms with van der Waals surface area (Å²) in [5, 5.41) is 57.6. The smallest absolute Gasteiger partial charge is 0.411 e. The van der Waals surface area contributed by atoms with Gasteiger partial charge in [-0.25, -0.2) is 36.0 Å². The summed E-state index contributed by atoms with van der Waals surface area (Å²) in [6, 6.07) is 35.2. The van der Waals surface area contributed by atoms with E-state index in [2.05, 4.69) is 61.6 Å². The predicted molar refractivity (Wildman–Crippen MR) is 455 cm³/mol. The topological polar surface area (TPSA) is 591 Å². The maximum atomic E-state index is 12.8. The Balaban J connectivity index is 0.000000210. The van der Waals surface area contributed by atoms with E-state index >= 15 is 0 Å². The van der Waals surface area contributed by atoms with Crippen molar-refractivity contribution in [3.63, 3.8) is 0 Å². The zero-order valence-corrected chi connectivity index (χ0v) is 70.0. The first kappa shape index (κ1) is 97.7. The van der Waals surface area contributed by atoms with Crippen LogP contribution in [0.2, 0.25) is 0 Å². The minimum absolute atomic E-state index is 0. The molecule has 0 fully saturated rings. The van der Waals surface area contributed by atoms with Gasteiger partial charge in [-0.2, -0.15) is 0 Å². The summed E-state index contributed by atoms with van der Waals surface area (Å²) in [7, 11) is 2.55. The van der Waals surface area contributed by atoms with Gasteiger partial charge in [0.15, 0.2) is 0 Å². The van der Waals surface area contributed by atoms with E-state index in [0.717, 1.165) is 105 Å². The van der Waals surface area contributed by atoms with E-state index in [1.165, 1.54) is 39.9 Å². The highest BCUT2D eigenvalue weighted by atomic mass is 16.6. The van der Waals surface area contributed by atoms with Gasteiger partial charge in [0, 0.05) is 116 Å². The molecule has 10 aromatic rings. The van der Waals surface area contributed by atoms with E-state index in [1.54, 1.807) is 62.3 Å². The number of nitrogens with two attached hydrogens (primary N) is 3. The van der Waals surface area contributed by atoms with Crippen LogP contribution in [-0.2, 0) is 125 Å². The average Bonchev–Trinajstić information content (AvgIpc) is 1.62. The number of nitrogens with one attached hydrogen (secondary N) is 11. The van der Waals surface area contributed by atoms with E-state index in [4.69, 9.17) is 46.4 Å². The Labute approximate surface area is 712 Å². The number of fused-ring (bicyclic) bond motifs is 13. The molecule has 0 spiro atoms. The average molecular weight is 1720 g/mol. The molecule has 0 aliphatic carbocycles. The molecule has 9 heterocycles. The quantitative estimate of drug-likeness (QED) is 0.0239. The van der Waals surface area contributed by atoms with Crippen molar-refractivity contribution in [1.29, 1.82) is 0 Å². The number of hydroxylamine groups is 2. The highest BCUT2D eigenvalue weighted by Crippen LogP contribution is 2.36. The van der Waals surface area contributed by atoms with Gasteiger partial charge in [-0.1, -0.05) is 98.4 Å². The first-order valence-electron chi connectivity index (χ1n) is 38.9. The molecule has 14 rings (SSSR count). The molecule has 0 saturated heterocycles. The van der Waals surface area contributed by atoms with Crippen molar-refractivity contribution < 1.29 is 107 Å². The van der Waals surface area contributed by atoms with Crippen LogP contribution in [-0.4, -0.2) is 225 Å². The first-order chi connectivity index (χ1) is 58.3. The van der Waals surface area contributed by atoms with Crippen LogP contribution in [0.4, 0.5) is 14.4 Å². The number of carboxylic acids is 2. The van der Waals surface area contributed by atoms with Gasteiger partial charge in [0.1, 0.15) is 47.5 Å². The Morgan fingerprint density at radius 2 is 0.790 bits per heavy atom. The normalized spacial score (nSPS) is 15.6. The van der Waals surface area contributed by atoms with Crippen LogP contribution in [0.1, 0.15) is 120 Å². The molecule has 0 bridgehead atoms. The van der Waals surface area contributed by atoms with Crippen molar-refractivity contribution in [2.75, 3.05) is 40.4 Å². The van der Waals surface area contributed by atoms with Gasteiger partial charge >= 0.3 is 42.2 Å². The molecule has 22 N–H and O–H groups in total. The van der Waals surface area contributed by atoms with Crippen molar-refractivity contribution in [2.45, 2.75) is 175 Å². The lowest BCUT2D eigenvalue weighted by Crippen LogP contribution is -2.54. The zero-order valence-electron chi connectivity index (χ0n) is 70.0. The molecule has 4 aliphatic heterocycles. The number of hydrogen-bond donors (Lipinski definition) is 19. The molecule has 5 atom stereocenters. The Bertz CT molecular complexity index is 5280. The first-order valence-corrected chi connectivity index (χ1v) is 38.9. The summed E-state index contributed by atoms with van der Waals surface area (Å²) in [4.78, 5) is 161. The van der Waals surface area contributed by atoms with Gasteiger partial charge < -0.3 is 91.4 Å². The molecule has 5 aromatic heterocycles. The number of carbonyl (C=O) groups excluding carboxylic acids is 10. The molecular formula is C85H111N17O22. The third kappa shape index (κ3) is 26.1. The predicted octanol–water partition coefficient (Wildman–Crippen LogP) is 6.50. The van der Waals surface area contributed by atoms with Crippen molar-refractivity contribution in [1.82, 2.24) is 71.8 Å². The molecule has 124 heavy (non-hydrogen) atoms. The summed E-state index contributed by atoms with van der Waals surface area (Å²) in [5.41, 5.74) is 24.8. The van der Waals surface area contributed by atoms with Crippen LogP contribution in [0.3, 0.4) is 0 Å². The van der Waals surface area contributed by atoms with Crippen molar-refractivity contribution >= 4 is 126 Å². The van der Waals surface area contributed by atoms with Gasteiger partial charge in [-0.15, -0.1) is 0 Å². The number of nitrogens with zero attached hydrogens (tertiary/aromatic N) is 3. The number of carboxylic acid groups (broad SMARTS) is 2. The second-order valence-corrected chi connectivity index (χ2v) is 31.6. The standard InChI is InChI=1S/C20H25N3O5.C19H24N4O5.C17H20N2O4.C14H16N4O3.C11H12N2O2.C3H7NO2.CH4.H3NO/c1-20(2,3)28-19(26)23-11-15-13(12-7-5-6-8-14(12)22-15)9-16(23)18(25)21-10-17(24)27-4;1-19(2,3)28-18(26)23-10-14-12(11-6-4-5-7-13(11)21-14)8-15(23)17(25)20-9-16(24)22-27;1-17(2,3)23-16(22)19-9-13-11(8-14(19)15(20)21)10-6-4-5-7-12(10)18-13;19-13(18-21)7-16-14(20)11-5-9-8-3-1-2-4-10(8)17-12(9)6-15-11;12-9(11(14)15)5-7-6-13-10-4-2-1-3-8(7)10;1-6-3(5)2-4;;1-2/h5-8,16,22H,9-11H2,1-4H3,(H,21,25);4-7,15,21,27H,8-10H2,1-3H3,(H,20,25)(H,22,24);4-7,14,18H,8-9H2,1-3H3,(H,20,21);1-4,11,15,17,21H,5-7H2,(H,16,20)(H,18,19);1-4,6,9,13H,5,12H2,(H,14,15);2,4H2,1H3;1H4;2H,1H2/t16-;15-;14-;11-;9-;;;/m00000.../s1. The summed E-state index contributed by atoms with van der Waals surface area (Å²) in [5.74, 6) is -2.00. The largest absolute Gasteiger partial charge is 0.480 e. The number of carbonyl (C=O) groups is 12. The molecule has 0 unspecified atom stereocenters. The Kier molecular flexibility index (Phi) is 34.6. The van der Waals surface area contributed by atoms with E-state index < -0.39 is 107 Å². The molecular weight excluding hydrogens is 1610 g/mol. The van der Waals surface area contributed by atoms with Gasteiger partial charge in [0.2, 0.25) is 17.7 Å². The molecule has 5 aromatic carbocycles. The third-order valence-electron chi connectivity index (χ3n) is 19.5. The maximum absolute atomic E-state index is 12.8. The van der Waals surface area contributed by atoms with E-state index in [-0.39, 0.29) is 77.5 Å².